The van der Waals surface area contributed by atoms with Crippen LogP contribution < -0.4 is 5.32 Å². The van der Waals surface area contributed by atoms with Gasteiger partial charge in [0.05, 0.1) is 25.4 Å². The number of nitrogens with one attached hydrogen (secondary N) is 1. The third kappa shape index (κ3) is 20.4. The van der Waals surface area contributed by atoms with Gasteiger partial charge in [0, 0.05) is 0 Å². The maximum Gasteiger partial charge on any atom is 0.249 e. The first-order valence-corrected chi connectivity index (χ1v) is 19.3. The molecule has 8 unspecified atom stereocenters. The molecular weight excluding hydrogens is 602 g/mol. The molecule has 0 radical (unpaired) electrons. The molecule has 0 aromatic heterocycles. The van der Waals surface area contributed by atoms with Crippen molar-refractivity contribution in [3.63, 3.8) is 0 Å². The van der Waals surface area contributed by atoms with Crippen LogP contribution in [0.4, 0.5) is 0 Å². The molecule has 0 aromatic carbocycles. The number of aliphatic hydroxyl groups excluding tert-OH is 6. The molecule has 280 valence electrons. The predicted octanol–water partition coefficient (Wildman–Crippen LogP) is 5.41. The standard InChI is InChI=1S/C37H73NO9/c1-3-5-7-9-11-13-14-15-16-17-18-20-21-23-25-30(40)29(28-46-37-35(44)34(43)33(42)32(27-39)47-37)38-36(45)31(41)26-24-22-19-12-10-8-6-4-2/h29-35,37,39-44H,3-28H2,1-2H3,(H,38,45). The van der Waals surface area contributed by atoms with E-state index < -0.39 is 61.5 Å². The normalized spacial score (nSPS) is 23.4. The van der Waals surface area contributed by atoms with Gasteiger partial charge in [-0.15, -0.1) is 0 Å². The van der Waals surface area contributed by atoms with Crippen molar-refractivity contribution in [1.82, 2.24) is 5.32 Å². The number of carbonyl (C=O) groups is 1. The zero-order valence-corrected chi connectivity index (χ0v) is 29.9. The van der Waals surface area contributed by atoms with E-state index in [1.54, 1.807) is 0 Å². The first kappa shape index (κ1) is 44.2. The van der Waals surface area contributed by atoms with Crippen molar-refractivity contribution in [2.24, 2.45) is 0 Å². The lowest BCUT2D eigenvalue weighted by atomic mass is 9.99. The van der Waals surface area contributed by atoms with Gasteiger partial charge < -0.3 is 45.4 Å². The fraction of sp³-hybridized carbons (Fsp3) is 0.973. The number of hydrogen-bond acceptors (Lipinski definition) is 9. The molecule has 10 nitrogen and oxygen atoms in total. The van der Waals surface area contributed by atoms with Gasteiger partial charge in [0.25, 0.3) is 0 Å². The van der Waals surface area contributed by atoms with E-state index in [0.717, 1.165) is 51.4 Å². The predicted molar refractivity (Wildman–Crippen MR) is 186 cm³/mol. The van der Waals surface area contributed by atoms with Crippen LogP contribution in [-0.2, 0) is 14.3 Å². The Morgan fingerprint density at radius 3 is 1.51 bits per heavy atom. The lowest BCUT2D eigenvalue weighted by molar-refractivity contribution is -0.302. The molecule has 7 N–H and O–H groups in total. The van der Waals surface area contributed by atoms with E-state index >= 15 is 0 Å². The summed E-state index contributed by atoms with van der Waals surface area (Å²) >= 11 is 0. The number of ether oxygens (including phenoxy) is 2. The van der Waals surface area contributed by atoms with Crippen molar-refractivity contribution in [1.29, 1.82) is 0 Å². The van der Waals surface area contributed by atoms with E-state index in [4.69, 9.17) is 9.47 Å². The number of unbranched alkanes of at least 4 members (excludes halogenated alkanes) is 20. The van der Waals surface area contributed by atoms with Crippen molar-refractivity contribution in [2.45, 2.75) is 217 Å². The smallest absolute Gasteiger partial charge is 0.249 e. The Hall–Kier alpha value is -0.850. The second-order valence-electron chi connectivity index (χ2n) is 13.9. The molecule has 0 bridgehead atoms. The molecule has 0 aliphatic carbocycles. The Labute approximate surface area is 286 Å². The number of carbonyl (C=O) groups excluding carboxylic acids is 1. The van der Waals surface area contributed by atoms with Crippen molar-refractivity contribution >= 4 is 5.91 Å². The van der Waals surface area contributed by atoms with E-state index in [1.165, 1.54) is 89.9 Å². The minimum absolute atomic E-state index is 0.251. The van der Waals surface area contributed by atoms with Crippen molar-refractivity contribution in [3.8, 4) is 0 Å². The number of amides is 1. The molecular formula is C37H73NO9. The molecule has 1 heterocycles. The van der Waals surface area contributed by atoms with E-state index in [-0.39, 0.29) is 6.61 Å². The van der Waals surface area contributed by atoms with E-state index in [0.29, 0.717) is 12.8 Å². The summed E-state index contributed by atoms with van der Waals surface area (Å²) in [4.78, 5) is 12.9. The summed E-state index contributed by atoms with van der Waals surface area (Å²) in [5.74, 6) is -0.588. The van der Waals surface area contributed by atoms with Crippen molar-refractivity contribution in [3.05, 3.63) is 0 Å². The van der Waals surface area contributed by atoms with Gasteiger partial charge in [-0.1, -0.05) is 155 Å². The molecule has 1 aliphatic heterocycles. The maximum absolute atomic E-state index is 12.9. The quantitative estimate of drug-likeness (QED) is 0.0475. The average molecular weight is 676 g/mol. The lowest BCUT2D eigenvalue weighted by Gasteiger charge is -2.40. The van der Waals surface area contributed by atoms with Crippen LogP contribution in [0.25, 0.3) is 0 Å². The maximum atomic E-state index is 12.9. The Morgan fingerprint density at radius 2 is 1.06 bits per heavy atom. The van der Waals surface area contributed by atoms with Crippen LogP contribution in [0.2, 0.25) is 0 Å². The zero-order valence-electron chi connectivity index (χ0n) is 29.9. The molecule has 8 atom stereocenters. The summed E-state index contributed by atoms with van der Waals surface area (Å²) in [5, 5.41) is 64.3. The minimum Gasteiger partial charge on any atom is -0.394 e. The van der Waals surface area contributed by atoms with Crippen LogP contribution in [0.5, 0.6) is 0 Å². The van der Waals surface area contributed by atoms with Gasteiger partial charge in [-0.3, -0.25) is 4.79 Å². The van der Waals surface area contributed by atoms with Gasteiger partial charge in [-0.2, -0.15) is 0 Å². The SMILES string of the molecule is CCCCCCCCCCCCCCCCC(O)C(COC1OC(CO)C(O)C(O)C1O)NC(=O)C(O)CCCCCCCCCC. The summed E-state index contributed by atoms with van der Waals surface area (Å²) in [6.45, 7) is 3.60. The van der Waals surface area contributed by atoms with Crippen LogP contribution in [0.3, 0.4) is 0 Å². The number of hydrogen-bond donors (Lipinski definition) is 7. The zero-order chi connectivity index (χ0) is 34.7. The molecule has 1 rings (SSSR count). The van der Waals surface area contributed by atoms with Gasteiger partial charge >= 0.3 is 0 Å². The largest absolute Gasteiger partial charge is 0.394 e. The molecule has 10 heteroatoms. The molecule has 47 heavy (non-hydrogen) atoms. The van der Waals surface area contributed by atoms with Gasteiger partial charge in [-0.25, -0.2) is 0 Å². The summed E-state index contributed by atoms with van der Waals surface area (Å²) in [5.41, 5.74) is 0. The molecule has 1 fully saturated rings. The fourth-order valence-electron chi connectivity index (χ4n) is 6.28. The van der Waals surface area contributed by atoms with Crippen LogP contribution >= 0.6 is 0 Å². The molecule has 0 spiro atoms. The highest BCUT2D eigenvalue weighted by Crippen LogP contribution is 2.23. The highest BCUT2D eigenvalue weighted by atomic mass is 16.7. The Kier molecular flexibility index (Phi) is 27.2. The van der Waals surface area contributed by atoms with Crippen molar-refractivity contribution in [2.75, 3.05) is 13.2 Å². The number of aliphatic hydroxyl groups is 6. The van der Waals surface area contributed by atoms with E-state index in [2.05, 4.69) is 19.2 Å². The lowest BCUT2D eigenvalue weighted by Crippen LogP contribution is -2.60. The molecule has 0 aromatic rings. The van der Waals surface area contributed by atoms with E-state index in [9.17, 15) is 35.4 Å². The molecule has 1 amide bonds. The van der Waals surface area contributed by atoms with Gasteiger partial charge in [0.2, 0.25) is 5.91 Å². The van der Waals surface area contributed by atoms with E-state index in [1.807, 2.05) is 0 Å². The molecule has 0 saturated carbocycles. The third-order valence-electron chi connectivity index (χ3n) is 9.57. The summed E-state index contributed by atoms with van der Waals surface area (Å²) in [6.07, 6.45) is 17.4. The van der Waals surface area contributed by atoms with Gasteiger partial charge in [0.1, 0.15) is 30.5 Å². The van der Waals surface area contributed by atoms with Crippen LogP contribution in [0, 0.1) is 0 Å². The Bertz CT molecular complexity index is 728. The summed E-state index contributed by atoms with van der Waals surface area (Å²) in [6, 6.07) is -0.884. The fourth-order valence-corrected chi connectivity index (χ4v) is 6.28. The number of rotatable bonds is 31. The van der Waals surface area contributed by atoms with Crippen LogP contribution in [0.15, 0.2) is 0 Å². The van der Waals surface area contributed by atoms with Gasteiger partial charge in [0.15, 0.2) is 6.29 Å². The topological polar surface area (TPSA) is 169 Å². The first-order valence-electron chi connectivity index (χ1n) is 19.3. The summed E-state index contributed by atoms with van der Waals surface area (Å²) in [7, 11) is 0. The second-order valence-corrected chi connectivity index (χ2v) is 13.9. The second kappa shape index (κ2) is 28.9. The monoisotopic (exact) mass is 676 g/mol. The van der Waals surface area contributed by atoms with Gasteiger partial charge in [-0.05, 0) is 12.8 Å². The average Bonchev–Trinajstić information content (AvgIpc) is 3.07. The molecule has 1 aliphatic rings. The van der Waals surface area contributed by atoms with Crippen LogP contribution in [-0.4, -0.2) is 98.7 Å². The highest BCUT2D eigenvalue weighted by Gasteiger charge is 2.44. The van der Waals surface area contributed by atoms with Crippen LogP contribution in [0.1, 0.15) is 168 Å². The Balaban J connectivity index is 2.48. The van der Waals surface area contributed by atoms with Crippen molar-refractivity contribution < 1.29 is 44.9 Å². The highest BCUT2D eigenvalue weighted by molar-refractivity contribution is 5.80. The molecule has 1 saturated heterocycles. The summed E-state index contributed by atoms with van der Waals surface area (Å²) < 4.78 is 11.1. The Morgan fingerprint density at radius 1 is 0.638 bits per heavy atom. The third-order valence-corrected chi connectivity index (χ3v) is 9.57. The first-order chi connectivity index (χ1) is 22.8. The minimum atomic E-state index is -1.59.